The Balaban J connectivity index is 1.88. The molecule has 4 atom stereocenters. The van der Waals surface area contributed by atoms with Gasteiger partial charge in [-0.15, -0.1) is 10.1 Å². The minimum absolute atomic E-state index is 0.0524. The van der Waals surface area contributed by atoms with Gasteiger partial charge in [0.1, 0.15) is 11.9 Å². The Hall–Kier alpha value is -1.74. The van der Waals surface area contributed by atoms with Crippen molar-refractivity contribution in [3.05, 3.63) is 10.1 Å². The third-order valence-corrected chi connectivity index (χ3v) is 3.19. The summed E-state index contributed by atoms with van der Waals surface area (Å²) in [5.74, 6) is -1.19. The average Bonchev–Trinajstić information content (AvgIpc) is 2.81. The van der Waals surface area contributed by atoms with E-state index in [0.29, 0.717) is 0 Å². The monoisotopic (exact) mass is 274 g/mol. The molecular formula is C10H14N2O7. The van der Waals surface area contributed by atoms with Gasteiger partial charge in [0.05, 0.1) is 25.7 Å². The van der Waals surface area contributed by atoms with Crippen LogP contribution in [0.2, 0.25) is 0 Å². The van der Waals surface area contributed by atoms with Gasteiger partial charge in [-0.1, -0.05) is 0 Å². The molecule has 0 aromatic heterocycles. The first-order chi connectivity index (χ1) is 8.97. The molecule has 106 valence electrons. The van der Waals surface area contributed by atoms with Crippen molar-refractivity contribution in [2.75, 3.05) is 13.2 Å². The lowest BCUT2D eigenvalue weighted by Crippen LogP contribution is -2.33. The van der Waals surface area contributed by atoms with E-state index in [1.165, 1.54) is 0 Å². The number of Topliss-reactive ketones (excluding diaryl/α,β-unsaturated/α-hetero) is 1. The second-order valence-corrected chi connectivity index (χ2v) is 4.61. The Morgan fingerprint density at radius 1 is 1.32 bits per heavy atom. The van der Waals surface area contributed by atoms with E-state index in [1.54, 1.807) is 0 Å². The first-order valence-electron chi connectivity index (χ1n) is 5.81. The van der Waals surface area contributed by atoms with Crippen LogP contribution in [0.15, 0.2) is 0 Å². The smallest absolute Gasteiger partial charge is 0.294 e. The van der Waals surface area contributed by atoms with Gasteiger partial charge in [0.2, 0.25) is 5.91 Å². The molecular weight excluding hydrogens is 260 g/mol. The number of carbonyl (C=O) groups excluding carboxylic acids is 2. The van der Waals surface area contributed by atoms with Crippen LogP contribution in [0.4, 0.5) is 0 Å². The molecule has 1 amide bonds. The van der Waals surface area contributed by atoms with Crippen molar-refractivity contribution in [1.82, 2.24) is 0 Å². The Morgan fingerprint density at radius 3 is 2.63 bits per heavy atom. The second kappa shape index (κ2) is 5.49. The van der Waals surface area contributed by atoms with Gasteiger partial charge < -0.3 is 20.0 Å². The lowest BCUT2D eigenvalue weighted by Gasteiger charge is -2.15. The molecule has 2 saturated heterocycles. The van der Waals surface area contributed by atoms with Crippen molar-refractivity contribution >= 4 is 11.7 Å². The number of hydrogen-bond acceptors (Lipinski definition) is 7. The molecule has 0 radical (unpaired) electrons. The maximum absolute atomic E-state index is 11.5. The number of ether oxygens (including phenoxy) is 2. The van der Waals surface area contributed by atoms with Gasteiger partial charge in [0, 0.05) is 12.3 Å². The zero-order valence-corrected chi connectivity index (χ0v) is 10.0. The van der Waals surface area contributed by atoms with Crippen molar-refractivity contribution in [2.24, 2.45) is 11.7 Å². The summed E-state index contributed by atoms with van der Waals surface area (Å²) >= 11 is 0. The number of rotatable bonds is 6. The third kappa shape index (κ3) is 3.18. The molecule has 2 fully saturated rings. The lowest BCUT2D eigenvalue weighted by atomic mass is 9.95. The topological polar surface area (TPSA) is 131 Å². The summed E-state index contributed by atoms with van der Waals surface area (Å²) in [7, 11) is 0. The molecule has 19 heavy (non-hydrogen) atoms. The van der Waals surface area contributed by atoms with Gasteiger partial charge in [-0.3, -0.25) is 9.59 Å². The number of primary amides is 1. The highest BCUT2D eigenvalue weighted by molar-refractivity contribution is 5.97. The van der Waals surface area contributed by atoms with Crippen LogP contribution in [0, 0.1) is 16.0 Å². The average molecular weight is 274 g/mol. The predicted octanol–water partition coefficient (Wildman–Crippen LogP) is -1.19. The van der Waals surface area contributed by atoms with Crippen LogP contribution in [0.25, 0.3) is 0 Å². The van der Waals surface area contributed by atoms with Crippen LogP contribution in [-0.2, 0) is 23.9 Å². The highest BCUT2D eigenvalue weighted by Gasteiger charge is 2.49. The van der Waals surface area contributed by atoms with E-state index < -0.39 is 29.3 Å². The molecule has 0 aromatic rings. The molecule has 2 heterocycles. The van der Waals surface area contributed by atoms with Crippen molar-refractivity contribution in [2.45, 2.75) is 31.2 Å². The molecule has 9 heteroatoms. The molecule has 0 saturated carbocycles. The quantitative estimate of drug-likeness (QED) is 0.366. The van der Waals surface area contributed by atoms with Crippen LogP contribution >= 0.6 is 0 Å². The summed E-state index contributed by atoms with van der Waals surface area (Å²) in [4.78, 5) is 36.9. The van der Waals surface area contributed by atoms with E-state index in [2.05, 4.69) is 4.84 Å². The van der Waals surface area contributed by atoms with Crippen LogP contribution in [0.3, 0.4) is 0 Å². The summed E-state index contributed by atoms with van der Waals surface area (Å²) in [6, 6.07) is 0. The van der Waals surface area contributed by atoms with E-state index in [9.17, 15) is 19.7 Å². The second-order valence-electron chi connectivity index (χ2n) is 4.61. The van der Waals surface area contributed by atoms with E-state index in [4.69, 9.17) is 15.2 Å². The molecule has 9 nitrogen and oxygen atoms in total. The summed E-state index contributed by atoms with van der Waals surface area (Å²) < 4.78 is 10.8. The number of amides is 1. The Morgan fingerprint density at radius 2 is 2.00 bits per heavy atom. The van der Waals surface area contributed by atoms with Crippen LogP contribution < -0.4 is 5.73 Å². The molecule has 0 aromatic carbocycles. The van der Waals surface area contributed by atoms with Crippen LogP contribution in [0.1, 0.15) is 12.8 Å². The summed E-state index contributed by atoms with van der Waals surface area (Å²) in [6.45, 7) is 0.300. The molecule has 2 aliphatic rings. The molecule has 0 aliphatic carbocycles. The van der Waals surface area contributed by atoms with Gasteiger partial charge in [-0.2, -0.15) is 0 Å². The molecule has 0 bridgehead atoms. The van der Waals surface area contributed by atoms with Gasteiger partial charge in [0.25, 0.3) is 5.09 Å². The SMILES string of the molecule is NC(=O)CC(=O)C[C@@H]1CO[C@H]2[C@@H]1OC[C@@H]2O[N+](=O)[O-]. The van der Waals surface area contributed by atoms with E-state index in [1.807, 2.05) is 0 Å². The minimum Gasteiger partial charge on any atom is -0.373 e. The van der Waals surface area contributed by atoms with Gasteiger partial charge in [-0.05, 0) is 0 Å². The lowest BCUT2D eigenvalue weighted by molar-refractivity contribution is -0.769. The molecule has 0 unspecified atom stereocenters. The molecule has 2 aliphatic heterocycles. The minimum atomic E-state index is -0.884. The summed E-state index contributed by atoms with van der Waals surface area (Å²) in [5, 5.41) is 9.41. The highest BCUT2D eigenvalue weighted by atomic mass is 17.0. The van der Waals surface area contributed by atoms with E-state index in [-0.39, 0.29) is 37.8 Å². The van der Waals surface area contributed by atoms with Gasteiger partial charge in [0.15, 0.2) is 6.10 Å². The van der Waals surface area contributed by atoms with E-state index >= 15 is 0 Å². The van der Waals surface area contributed by atoms with Crippen LogP contribution in [-0.4, -0.2) is 48.3 Å². The standard InChI is InChI=1S/C10H14N2O7/c11-8(14)2-6(13)1-5-3-17-10-7(19-12(15)16)4-18-9(5)10/h5,7,9-10H,1-4H2,(H2,11,14)/t5-,7+,9-,10-/m1/s1. The normalized spacial score (nSPS) is 32.8. The summed E-state index contributed by atoms with van der Waals surface area (Å²) in [6.07, 6.45) is -1.94. The maximum atomic E-state index is 11.5. The van der Waals surface area contributed by atoms with Gasteiger partial charge in [-0.25, -0.2) is 0 Å². The molecule has 2 rings (SSSR count). The summed E-state index contributed by atoms with van der Waals surface area (Å²) in [5.41, 5.74) is 4.93. The number of nitrogens with two attached hydrogens (primary N) is 1. The molecule has 2 N–H and O–H groups in total. The Kier molecular flexibility index (Phi) is 3.96. The zero-order valence-electron chi connectivity index (χ0n) is 10.0. The first kappa shape index (κ1) is 13.7. The van der Waals surface area contributed by atoms with Crippen molar-refractivity contribution in [1.29, 1.82) is 0 Å². The first-order valence-corrected chi connectivity index (χ1v) is 5.81. The zero-order chi connectivity index (χ0) is 14.0. The van der Waals surface area contributed by atoms with Crippen molar-refractivity contribution in [3.8, 4) is 0 Å². The fourth-order valence-corrected chi connectivity index (χ4v) is 2.48. The van der Waals surface area contributed by atoms with Gasteiger partial charge >= 0.3 is 0 Å². The highest BCUT2D eigenvalue weighted by Crippen LogP contribution is 2.34. The maximum Gasteiger partial charge on any atom is 0.294 e. The number of hydrogen-bond donors (Lipinski definition) is 1. The molecule has 0 spiro atoms. The third-order valence-electron chi connectivity index (χ3n) is 3.19. The predicted molar refractivity (Wildman–Crippen MR) is 58.3 cm³/mol. The van der Waals surface area contributed by atoms with E-state index in [0.717, 1.165) is 0 Å². The Bertz CT molecular complexity index is 399. The Labute approximate surface area is 108 Å². The fraction of sp³-hybridized carbons (Fsp3) is 0.800. The largest absolute Gasteiger partial charge is 0.373 e. The fourth-order valence-electron chi connectivity index (χ4n) is 2.48. The number of fused-ring (bicyclic) bond motifs is 1. The number of carbonyl (C=O) groups is 2. The van der Waals surface area contributed by atoms with Crippen LogP contribution in [0.5, 0.6) is 0 Å². The van der Waals surface area contributed by atoms with Crippen molar-refractivity contribution < 1.29 is 29.0 Å². The van der Waals surface area contributed by atoms with Crippen molar-refractivity contribution in [3.63, 3.8) is 0 Å². The number of nitrogens with zero attached hydrogens (tertiary/aromatic N) is 1. The number of ketones is 1.